The van der Waals surface area contributed by atoms with Crippen molar-refractivity contribution in [1.29, 1.82) is 0 Å². The number of aromatic nitrogens is 2. The molecule has 2 aromatic heterocycles. The summed E-state index contributed by atoms with van der Waals surface area (Å²) in [6.07, 6.45) is 5.04. The minimum atomic E-state index is -0.576. The van der Waals surface area contributed by atoms with Crippen LogP contribution in [0, 0.1) is 0 Å². The molecule has 2 heterocycles. The number of methoxy groups -OCH3 is 1. The van der Waals surface area contributed by atoms with E-state index in [-0.39, 0.29) is 16.5 Å². The molecular formula is C20H17Cl2N3O3. The molecule has 1 aromatic carbocycles. The van der Waals surface area contributed by atoms with E-state index in [9.17, 15) is 9.59 Å². The highest BCUT2D eigenvalue weighted by atomic mass is 35.5. The Labute approximate surface area is 171 Å². The number of esters is 1. The molecule has 144 valence electrons. The van der Waals surface area contributed by atoms with Gasteiger partial charge in [0.05, 0.1) is 35.0 Å². The molecule has 6 nitrogen and oxygen atoms in total. The zero-order valence-corrected chi connectivity index (χ0v) is 17.0. The number of hydrogen-bond acceptors (Lipinski definition) is 5. The van der Waals surface area contributed by atoms with Crippen LogP contribution < -0.4 is 5.56 Å². The topological polar surface area (TPSA) is 64.4 Å². The van der Waals surface area contributed by atoms with E-state index in [2.05, 4.69) is 4.98 Å². The quantitative estimate of drug-likeness (QED) is 0.599. The number of pyridine rings is 2. The van der Waals surface area contributed by atoms with Crippen molar-refractivity contribution in [3.05, 3.63) is 74.4 Å². The highest BCUT2D eigenvalue weighted by Gasteiger charge is 2.16. The van der Waals surface area contributed by atoms with Crippen LogP contribution in [0.3, 0.4) is 0 Å². The van der Waals surface area contributed by atoms with Crippen LogP contribution in [0.2, 0.25) is 10.0 Å². The average molecular weight is 418 g/mol. The molecule has 0 aliphatic rings. The van der Waals surface area contributed by atoms with Crippen molar-refractivity contribution in [1.82, 2.24) is 14.5 Å². The Hall–Kier alpha value is -2.83. The van der Waals surface area contributed by atoms with Gasteiger partial charge in [-0.25, -0.2) is 9.78 Å². The van der Waals surface area contributed by atoms with Gasteiger partial charge in [0, 0.05) is 36.5 Å². The molecule has 3 rings (SSSR count). The van der Waals surface area contributed by atoms with Crippen molar-refractivity contribution in [3.63, 3.8) is 0 Å². The van der Waals surface area contributed by atoms with E-state index in [1.165, 1.54) is 17.7 Å². The Morgan fingerprint density at radius 2 is 1.86 bits per heavy atom. The number of rotatable bonds is 4. The molecular weight excluding hydrogens is 401 g/mol. The number of nitrogens with zero attached hydrogens (tertiary/aromatic N) is 3. The van der Waals surface area contributed by atoms with E-state index >= 15 is 0 Å². The van der Waals surface area contributed by atoms with Gasteiger partial charge in [-0.15, -0.1) is 0 Å². The summed E-state index contributed by atoms with van der Waals surface area (Å²) in [5, 5.41) is 1.10. The minimum Gasteiger partial charge on any atom is -0.465 e. The van der Waals surface area contributed by atoms with Gasteiger partial charge in [-0.1, -0.05) is 23.2 Å². The third-order valence-corrected chi connectivity index (χ3v) is 4.41. The van der Waals surface area contributed by atoms with E-state index < -0.39 is 5.97 Å². The van der Waals surface area contributed by atoms with Crippen LogP contribution in [0.1, 0.15) is 16.1 Å². The lowest BCUT2D eigenvalue weighted by atomic mass is 10.1. The number of halogens is 2. The van der Waals surface area contributed by atoms with Crippen LogP contribution >= 0.6 is 23.2 Å². The van der Waals surface area contributed by atoms with E-state index in [1.807, 2.05) is 19.0 Å². The fourth-order valence-corrected chi connectivity index (χ4v) is 3.20. The Morgan fingerprint density at radius 3 is 2.46 bits per heavy atom. The summed E-state index contributed by atoms with van der Waals surface area (Å²) in [5.41, 5.74) is 1.24. The van der Waals surface area contributed by atoms with Crippen molar-refractivity contribution in [2.45, 2.75) is 0 Å². The fraction of sp³-hybridized carbons (Fsp3) is 0.150. The lowest BCUT2D eigenvalue weighted by molar-refractivity contribution is 0.0600. The molecule has 0 saturated heterocycles. The normalized spacial score (nSPS) is 11.2. The van der Waals surface area contributed by atoms with Crippen molar-refractivity contribution < 1.29 is 9.53 Å². The number of carbonyl (C=O) groups excluding carboxylic acids is 1. The SMILES string of the molecule is COC(=O)c1cc2c(=O)n(-c3cc(Cl)cc(Cl)c3)ccc2nc1/C=C/N(C)C. The first-order chi connectivity index (χ1) is 13.3. The van der Waals surface area contributed by atoms with Crippen LogP contribution in [-0.2, 0) is 4.74 Å². The standard InChI is InChI=1S/C20H17Cl2N3O3/c1-24(2)6-4-18-16(20(27)28-3)11-15-17(23-18)5-7-25(19(15)26)14-9-12(21)8-13(22)10-14/h4-11H,1-3H3/b6-4+. The Morgan fingerprint density at radius 1 is 1.18 bits per heavy atom. The van der Waals surface area contributed by atoms with Crippen LogP contribution in [0.25, 0.3) is 22.7 Å². The van der Waals surface area contributed by atoms with Crippen molar-refractivity contribution in [2.75, 3.05) is 21.2 Å². The lowest BCUT2D eigenvalue weighted by Gasteiger charge is -2.11. The molecule has 0 bridgehead atoms. The maximum Gasteiger partial charge on any atom is 0.340 e. The van der Waals surface area contributed by atoms with E-state index in [0.717, 1.165) is 0 Å². The number of carbonyl (C=O) groups is 1. The molecule has 0 fully saturated rings. The number of fused-ring (bicyclic) bond motifs is 1. The molecule has 3 aromatic rings. The summed E-state index contributed by atoms with van der Waals surface area (Å²) >= 11 is 12.1. The Kier molecular flexibility index (Phi) is 5.72. The second-order valence-corrected chi connectivity index (χ2v) is 7.12. The van der Waals surface area contributed by atoms with E-state index in [4.69, 9.17) is 27.9 Å². The van der Waals surface area contributed by atoms with Gasteiger partial charge in [0.15, 0.2) is 0 Å². The summed E-state index contributed by atoms with van der Waals surface area (Å²) in [6, 6.07) is 8.03. The van der Waals surface area contributed by atoms with Crippen LogP contribution in [0.5, 0.6) is 0 Å². The van der Waals surface area contributed by atoms with Crippen molar-refractivity contribution in [3.8, 4) is 5.69 Å². The largest absolute Gasteiger partial charge is 0.465 e. The Balaban J connectivity index is 2.26. The molecule has 0 aliphatic carbocycles. The van der Waals surface area contributed by atoms with E-state index in [1.54, 1.807) is 42.7 Å². The Bertz CT molecular complexity index is 1130. The van der Waals surface area contributed by atoms with Gasteiger partial charge in [-0.05, 0) is 36.4 Å². The van der Waals surface area contributed by atoms with E-state index in [0.29, 0.717) is 26.9 Å². The zero-order valence-electron chi connectivity index (χ0n) is 15.4. The third kappa shape index (κ3) is 4.03. The van der Waals surface area contributed by atoms with Gasteiger partial charge in [-0.2, -0.15) is 0 Å². The fourth-order valence-electron chi connectivity index (χ4n) is 2.69. The molecule has 0 amide bonds. The molecule has 0 spiro atoms. The molecule has 0 unspecified atom stereocenters. The highest BCUT2D eigenvalue weighted by molar-refractivity contribution is 6.34. The smallest absolute Gasteiger partial charge is 0.340 e. The van der Waals surface area contributed by atoms with Gasteiger partial charge < -0.3 is 9.64 Å². The van der Waals surface area contributed by atoms with Crippen molar-refractivity contribution in [2.24, 2.45) is 0 Å². The molecule has 0 atom stereocenters. The summed E-state index contributed by atoms with van der Waals surface area (Å²) in [6.45, 7) is 0. The van der Waals surface area contributed by atoms with Crippen molar-refractivity contribution >= 4 is 46.2 Å². The predicted molar refractivity (Wildman–Crippen MR) is 111 cm³/mol. The summed E-state index contributed by atoms with van der Waals surface area (Å²) < 4.78 is 6.25. The van der Waals surface area contributed by atoms with Crippen LogP contribution in [-0.4, -0.2) is 41.6 Å². The molecule has 0 N–H and O–H groups in total. The molecule has 8 heteroatoms. The lowest BCUT2D eigenvalue weighted by Crippen LogP contribution is -2.19. The number of hydrogen-bond donors (Lipinski definition) is 0. The number of benzene rings is 1. The summed E-state index contributed by atoms with van der Waals surface area (Å²) in [7, 11) is 4.98. The maximum atomic E-state index is 13.1. The average Bonchev–Trinajstić information content (AvgIpc) is 2.64. The molecule has 0 saturated carbocycles. The third-order valence-electron chi connectivity index (χ3n) is 3.97. The molecule has 0 radical (unpaired) electrons. The van der Waals surface area contributed by atoms with Gasteiger partial charge in [0.2, 0.25) is 0 Å². The van der Waals surface area contributed by atoms with Gasteiger partial charge in [0.25, 0.3) is 5.56 Å². The zero-order chi connectivity index (χ0) is 20.4. The van der Waals surface area contributed by atoms with Gasteiger partial charge in [0.1, 0.15) is 0 Å². The van der Waals surface area contributed by atoms with Gasteiger partial charge in [-0.3, -0.25) is 9.36 Å². The second kappa shape index (κ2) is 8.04. The summed E-state index contributed by atoms with van der Waals surface area (Å²) in [5.74, 6) is -0.576. The summed E-state index contributed by atoms with van der Waals surface area (Å²) in [4.78, 5) is 31.6. The molecule has 0 aliphatic heterocycles. The minimum absolute atomic E-state index is 0.201. The predicted octanol–water partition coefficient (Wildman–Crippen LogP) is 4.01. The first-order valence-corrected chi connectivity index (χ1v) is 9.01. The van der Waals surface area contributed by atoms with Crippen LogP contribution in [0.15, 0.2) is 47.5 Å². The second-order valence-electron chi connectivity index (χ2n) is 6.24. The highest BCUT2D eigenvalue weighted by Crippen LogP contribution is 2.22. The van der Waals surface area contributed by atoms with Crippen LogP contribution in [0.4, 0.5) is 0 Å². The maximum absolute atomic E-state index is 13.1. The van der Waals surface area contributed by atoms with Gasteiger partial charge >= 0.3 is 5.97 Å². The first kappa shape index (κ1) is 19.9. The molecule has 28 heavy (non-hydrogen) atoms. The monoisotopic (exact) mass is 417 g/mol. The number of ether oxygens (including phenoxy) is 1. The first-order valence-electron chi connectivity index (χ1n) is 8.26.